The number of nitrogens with one attached hydrogen (secondary N) is 1. The highest BCUT2D eigenvalue weighted by Crippen LogP contribution is 2.16. The van der Waals surface area contributed by atoms with Gasteiger partial charge in [0.15, 0.2) is 0 Å². The lowest BCUT2D eigenvalue weighted by atomic mass is 9.93. The van der Waals surface area contributed by atoms with Crippen molar-refractivity contribution in [3.8, 4) is 0 Å². The second-order valence-electron chi connectivity index (χ2n) is 6.86. The Hall–Kier alpha value is -0.300. The monoisotopic (exact) mass is 309 g/mol. The van der Waals surface area contributed by atoms with Crippen molar-refractivity contribution in [2.45, 2.75) is 111 Å². The molecule has 22 heavy (non-hydrogen) atoms. The highest BCUT2D eigenvalue weighted by molar-refractivity contribution is 4.81. The van der Waals surface area contributed by atoms with Gasteiger partial charge in [-0.05, 0) is 51.0 Å². The summed E-state index contributed by atoms with van der Waals surface area (Å²) in [6.45, 7) is 10.3. The number of unbranched alkanes of at least 4 members (excludes halogenated alkanes) is 8. The van der Waals surface area contributed by atoms with Gasteiger partial charge in [-0.25, -0.2) is 0 Å². The molecule has 1 nitrogen and oxygen atoms in total. The predicted octanol–water partition coefficient (Wildman–Crippen LogP) is 6.88. The van der Waals surface area contributed by atoms with Gasteiger partial charge in [0.25, 0.3) is 0 Å². The van der Waals surface area contributed by atoms with Gasteiger partial charge in [0.2, 0.25) is 0 Å². The van der Waals surface area contributed by atoms with Gasteiger partial charge in [0.05, 0.1) is 0 Å². The van der Waals surface area contributed by atoms with Crippen molar-refractivity contribution in [3.63, 3.8) is 0 Å². The van der Waals surface area contributed by atoms with E-state index >= 15 is 0 Å². The lowest BCUT2D eigenvalue weighted by Gasteiger charge is -2.23. The van der Waals surface area contributed by atoms with Crippen LogP contribution in [0.3, 0.4) is 0 Å². The molecule has 0 amide bonds. The molecule has 0 saturated carbocycles. The van der Waals surface area contributed by atoms with Gasteiger partial charge in [-0.2, -0.15) is 0 Å². The molecule has 0 aliphatic heterocycles. The average molecular weight is 310 g/mol. The molecule has 0 aromatic rings. The van der Waals surface area contributed by atoms with Gasteiger partial charge in [0.1, 0.15) is 0 Å². The SMILES string of the molecule is CCCCCCC=CCCCCCCC(C)C(CC)NCC. The van der Waals surface area contributed by atoms with Gasteiger partial charge >= 0.3 is 0 Å². The van der Waals surface area contributed by atoms with Crippen LogP contribution in [0.5, 0.6) is 0 Å². The van der Waals surface area contributed by atoms with Crippen LogP contribution in [0.2, 0.25) is 0 Å². The lowest BCUT2D eigenvalue weighted by molar-refractivity contribution is 0.343. The largest absolute Gasteiger partial charge is 0.314 e. The molecule has 1 N–H and O–H groups in total. The van der Waals surface area contributed by atoms with Gasteiger partial charge in [0, 0.05) is 6.04 Å². The Kier molecular flexibility index (Phi) is 16.8. The van der Waals surface area contributed by atoms with Crippen molar-refractivity contribution in [1.29, 1.82) is 0 Å². The van der Waals surface area contributed by atoms with Crippen LogP contribution < -0.4 is 5.32 Å². The molecule has 0 heterocycles. The topological polar surface area (TPSA) is 12.0 Å². The number of hydrogen-bond donors (Lipinski definition) is 1. The number of hydrogen-bond acceptors (Lipinski definition) is 1. The summed E-state index contributed by atoms with van der Waals surface area (Å²) in [7, 11) is 0. The number of rotatable bonds is 16. The van der Waals surface area contributed by atoms with Crippen molar-refractivity contribution in [1.82, 2.24) is 5.32 Å². The summed E-state index contributed by atoms with van der Waals surface area (Å²) in [4.78, 5) is 0. The van der Waals surface area contributed by atoms with Gasteiger partial charge in [-0.1, -0.05) is 78.4 Å². The standard InChI is InChI=1S/C21H43N/c1-5-8-9-10-11-12-13-14-15-16-17-18-19-20(4)21(6-2)22-7-3/h12-13,20-22H,5-11,14-19H2,1-4H3. The predicted molar refractivity (Wildman–Crippen MR) is 103 cm³/mol. The highest BCUT2D eigenvalue weighted by atomic mass is 14.9. The fourth-order valence-electron chi connectivity index (χ4n) is 3.22. The second-order valence-corrected chi connectivity index (χ2v) is 6.86. The molecule has 132 valence electrons. The van der Waals surface area contributed by atoms with Gasteiger partial charge in [-0.3, -0.25) is 0 Å². The number of allylic oxidation sites excluding steroid dienone is 2. The van der Waals surface area contributed by atoms with Crippen molar-refractivity contribution in [2.75, 3.05) is 6.54 Å². The zero-order valence-electron chi connectivity index (χ0n) is 16.0. The third-order valence-corrected chi connectivity index (χ3v) is 4.76. The molecular formula is C21H43N. The van der Waals surface area contributed by atoms with E-state index in [1.807, 2.05) is 0 Å². The maximum atomic E-state index is 3.62. The van der Waals surface area contributed by atoms with Crippen LogP contribution in [0.1, 0.15) is 105 Å². The van der Waals surface area contributed by atoms with Crippen LogP contribution in [0, 0.1) is 5.92 Å². The van der Waals surface area contributed by atoms with Crippen LogP contribution in [0.25, 0.3) is 0 Å². The minimum atomic E-state index is 0.723. The Balaban J connectivity index is 3.37. The highest BCUT2D eigenvalue weighted by Gasteiger charge is 2.13. The quantitative estimate of drug-likeness (QED) is 0.242. The fraction of sp³-hybridized carbons (Fsp3) is 0.905. The average Bonchev–Trinajstić information content (AvgIpc) is 2.53. The maximum Gasteiger partial charge on any atom is 0.00899 e. The minimum absolute atomic E-state index is 0.723. The van der Waals surface area contributed by atoms with E-state index in [9.17, 15) is 0 Å². The van der Waals surface area contributed by atoms with Crippen LogP contribution in [-0.2, 0) is 0 Å². The summed E-state index contributed by atoms with van der Waals surface area (Å²) in [5.74, 6) is 0.827. The van der Waals surface area contributed by atoms with Crippen molar-refractivity contribution in [3.05, 3.63) is 12.2 Å². The Labute approximate surface area is 141 Å². The lowest BCUT2D eigenvalue weighted by Crippen LogP contribution is -2.34. The first kappa shape index (κ1) is 21.7. The molecule has 0 aliphatic carbocycles. The summed E-state index contributed by atoms with van der Waals surface area (Å²) in [6, 6.07) is 0.723. The van der Waals surface area contributed by atoms with Crippen LogP contribution >= 0.6 is 0 Å². The maximum absolute atomic E-state index is 3.62. The van der Waals surface area contributed by atoms with Crippen LogP contribution in [-0.4, -0.2) is 12.6 Å². The van der Waals surface area contributed by atoms with E-state index in [1.54, 1.807) is 0 Å². The zero-order chi connectivity index (χ0) is 16.5. The van der Waals surface area contributed by atoms with E-state index < -0.39 is 0 Å². The molecule has 0 aromatic heterocycles. The molecule has 0 radical (unpaired) electrons. The van der Waals surface area contributed by atoms with E-state index in [1.165, 1.54) is 77.0 Å². The van der Waals surface area contributed by atoms with Crippen LogP contribution in [0.4, 0.5) is 0 Å². The summed E-state index contributed by atoms with van der Waals surface area (Å²) >= 11 is 0. The van der Waals surface area contributed by atoms with E-state index in [-0.39, 0.29) is 0 Å². The third kappa shape index (κ3) is 13.4. The van der Waals surface area contributed by atoms with Crippen molar-refractivity contribution in [2.24, 2.45) is 5.92 Å². The van der Waals surface area contributed by atoms with E-state index in [2.05, 4.69) is 45.2 Å². The molecule has 0 aromatic carbocycles. The zero-order valence-corrected chi connectivity index (χ0v) is 16.0. The molecule has 0 rings (SSSR count). The minimum Gasteiger partial charge on any atom is -0.314 e. The smallest absolute Gasteiger partial charge is 0.00899 e. The molecule has 2 atom stereocenters. The summed E-state index contributed by atoms with van der Waals surface area (Å²) in [6.07, 6.45) is 21.2. The Morgan fingerprint density at radius 2 is 1.36 bits per heavy atom. The first-order chi connectivity index (χ1) is 10.8. The summed E-state index contributed by atoms with van der Waals surface area (Å²) < 4.78 is 0. The summed E-state index contributed by atoms with van der Waals surface area (Å²) in [5.41, 5.74) is 0. The van der Waals surface area contributed by atoms with Crippen molar-refractivity contribution < 1.29 is 0 Å². The second kappa shape index (κ2) is 17.1. The molecule has 0 bridgehead atoms. The normalized spacial score (nSPS) is 14.5. The van der Waals surface area contributed by atoms with E-state index in [0.717, 1.165) is 18.5 Å². The van der Waals surface area contributed by atoms with E-state index in [0.29, 0.717) is 0 Å². The van der Waals surface area contributed by atoms with E-state index in [4.69, 9.17) is 0 Å². The van der Waals surface area contributed by atoms with Gasteiger partial charge in [-0.15, -0.1) is 0 Å². The molecule has 0 spiro atoms. The Morgan fingerprint density at radius 1 is 0.773 bits per heavy atom. The third-order valence-electron chi connectivity index (χ3n) is 4.76. The summed E-state index contributed by atoms with van der Waals surface area (Å²) in [5, 5.41) is 3.62. The molecule has 0 saturated heterocycles. The fourth-order valence-corrected chi connectivity index (χ4v) is 3.22. The van der Waals surface area contributed by atoms with Gasteiger partial charge < -0.3 is 5.32 Å². The molecular weight excluding hydrogens is 266 g/mol. The first-order valence-electron chi connectivity index (χ1n) is 10.1. The Morgan fingerprint density at radius 3 is 1.91 bits per heavy atom. The molecule has 0 aliphatic rings. The van der Waals surface area contributed by atoms with Crippen LogP contribution in [0.15, 0.2) is 12.2 Å². The molecule has 0 fully saturated rings. The first-order valence-corrected chi connectivity index (χ1v) is 10.1. The molecule has 1 heteroatoms. The molecule has 2 unspecified atom stereocenters. The Bertz CT molecular complexity index is 234. The van der Waals surface area contributed by atoms with Crippen molar-refractivity contribution >= 4 is 0 Å².